The molecule has 0 aliphatic carbocycles. The van der Waals surface area contributed by atoms with E-state index in [0.29, 0.717) is 6.54 Å². The molecule has 0 unspecified atom stereocenters. The van der Waals surface area contributed by atoms with E-state index in [9.17, 15) is 4.79 Å². The number of carbonyl (C=O) groups is 1. The van der Waals surface area contributed by atoms with Crippen LogP contribution in [0.1, 0.15) is 11.8 Å². The lowest BCUT2D eigenvalue weighted by atomic mass is 10.2. The van der Waals surface area contributed by atoms with Crippen molar-refractivity contribution in [3.8, 4) is 0 Å². The van der Waals surface area contributed by atoms with Crippen LogP contribution in [0.3, 0.4) is 0 Å². The van der Waals surface area contributed by atoms with Gasteiger partial charge >= 0.3 is 0 Å². The molecule has 1 amide bonds. The van der Waals surface area contributed by atoms with Crippen molar-refractivity contribution < 1.29 is 4.79 Å². The van der Waals surface area contributed by atoms with Crippen LogP contribution in [0.2, 0.25) is 0 Å². The van der Waals surface area contributed by atoms with Crippen LogP contribution < -0.4 is 10.2 Å². The Morgan fingerprint density at radius 3 is 2.83 bits per heavy atom. The molecule has 0 spiro atoms. The average Bonchev–Trinajstić information content (AvgIpc) is 3.13. The minimum atomic E-state index is -0.112. The van der Waals surface area contributed by atoms with E-state index in [-0.39, 0.29) is 11.9 Å². The van der Waals surface area contributed by atoms with E-state index in [4.69, 9.17) is 0 Å². The normalized spacial score (nSPS) is 17.0. The lowest BCUT2D eigenvalue weighted by Crippen LogP contribution is -2.54. The van der Waals surface area contributed by atoms with Crippen molar-refractivity contribution in [2.45, 2.75) is 19.5 Å². The quantitative estimate of drug-likeness (QED) is 0.896. The summed E-state index contributed by atoms with van der Waals surface area (Å²) in [6.07, 6.45) is 5.18. The molecule has 23 heavy (non-hydrogen) atoms. The number of amides is 1. The highest BCUT2D eigenvalue weighted by molar-refractivity contribution is 7.09. The van der Waals surface area contributed by atoms with Gasteiger partial charge in [0.05, 0.1) is 18.8 Å². The molecule has 7 heteroatoms. The zero-order valence-corrected chi connectivity index (χ0v) is 14.0. The van der Waals surface area contributed by atoms with Gasteiger partial charge in [-0.2, -0.15) is 0 Å². The standard InChI is InChI=1S/C16H21N5OS/c1-13(16(22)19-11-14-3-2-10-23-14)20-6-8-21(9-7-20)15-12-17-4-5-18-15/h2-5,10,12-13H,6-9,11H2,1H3,(H,19,22)/t13-/m1/s1. The third-order valence-electron chi connectivity index (χ3n) is 4.13. The zero-order chi connectivity index (χ0) is 16.1. The number of carbonyl (C=O) groups excluding carboxylic acids is 1. The second-order valence-corrected chi connectivity index (χ2v) is 6.59. The van der Waals surface area contributed by atoms with Crippen molar-refractivity contribution >= 4 is 23.1 Å². The molecule has 1 fully saturated rings. The van der Waals surface area contributed by atoms with Gasteiger partial charge in [0, 0.05) is 43.4 Å². The first-order valence-corrected chi connectivity index (χ1v) is 8.67. The summed E-state index contributed by atoms with van der Waals surface area (Å²) in [6, 6.07) is 3.93. The summed E-state index contributed by atoms with van der Waals surface area (Å²) >= 11 is 1.66. The molecule has 6 nitrogen and oxygen atoms in total. The molecule has 1 aliphatic heterocycles. The smallest absolute Gasteiger partial charge is 0.237 e. The predicted molar refractivity (Wildman–Crippen MR) is 91.4 cm³/mol. The van der Waals surface area contributed by atoms with Crippen molar-refractivity contribution in [2.75, 3.05) is 31.1 Å². The summed E-state index contributed by atoms with van der Waals surface area (Å²) in [5.74, 6) is 0.994. The van der Waals surface area contributed by atoms with Crippen LogP contribution in [0, 0.1) is 0 Å². The highest BCUT2D eigenvalue weighted by Gasteiger charge is 2.25. The summed E-state index contributed by atoms with van der Waals surface area (Å²) in [4.78, 5) is 26.4. The van der Waals surface area contributed by atoms with E-state index in [2.05, 4.69) is 25.1 Å². The first-order chi connectivity index (χ1) is 11.2. The van der Waals surface area contributed by atoms with Gasteiger partial charge in [-0.15, -0.1) is 11.3 Å². The van der Waals surface area contributed by atoms with Crippen LogP contribution >= 0.6 is 11.3 Å². The molecule has 2 aromatic heterocycles. The van der Waals surface area contributed by atoms with Crippen molar-refractivity contribution in [2.24, 2.45) is 0 Å². The molecule has 1 saturated heterocycles. The fraction of sp³-hybridized carbons (Fsp3) is 0.438. The average molecular weight is 331 g/mol. The maximum absolute atomic E-state index is 12.3. The van der Waals surface area contributed by atoms with Crippen LogP contribution in [0.25, 0.3) is 0 Å². The lowest BCUT2D eigenvalue weighted by Gasteiger charge is -2.37. The van der Waals surface area contributed by atoms with Gasteiger partial charge in [-0.3, -0.25) is 14.7 Å². The molecule has 1 aliphatic rings. The van der Waals surface area contributed by atoms with E-state index in [1.165, 1.54) is 4.88 Å². The Morgan fingerprint density at radius 1 is 1.35 bits per heavy atom. The Balaban J connectivity index is 1.47. The number of nitrogens with one attached hydrogen (secondary N) is 1. The van der Waals surface area contributed by atoms with Crippen LogP contribution in [0.5, 0.6) is 0 Å². The number of rotatable bonds is 5. The van der Waals surface area contributed by atoms with Crippen molar-refractivity contribution in [1.29, 1.82) is 0 Å². The Bertz CT molecular complexity index is 611. The second-order valence-electron chi connectivity index (χ2n) is 5.56. The van der Waals surface area contributed by atoms with E-state index < -0.39 is 0 Å². The molecule has 122 valence electrons. The van der Waals surface area contributed by atoms with E-state index in [0.717, 1.165) is 32.0 Å². The summed E-state index contributed by atoms with van der Waals surface area (Å²) in [6.45, 7) is 6.01. The highest BCUT2D eigenvalue weighted by atomic mass is 32.1. The first-order valence-electron chi connectivity index (χ1n) is 7.79. The number of hydrogen-bond acceptors (Lipinski definition) is 6. The Labute approximate surface area is 140 Å². The fourth-order valence-electron chi connectivity index (χ4n) is 2.69. The Morgan fingerprint density at radius 2 is 2.17 bits per heavy atom. The SMILES string of the molecule is C[C@H](C(=O)NCc1cccs1)N1CCN(c2cnccn2)CC1. The number of aromatic nitrogens is 2. The Kier molecular flexibility index (Phi) is 5.19. The predicted octanol–water partition coefficient (Wildman–Crippen LogP) is 1.36. The molecule has 0 saturated carbocycles. The Hall–Kier alpha value is -1.99. The number of piperazine rings is 1. The van der Waals surface area contributed by atoms with Gasteiger partial charge in [-0.1, -0.05) is 6.07 Å². The zero-order valence-electron chi connectivity index (χ0n) is 13.2. The maximum Gasteiger partial charge on any atom is 0.237 e. The van der Waals surface area contributed by atoms with Crippen LogP contribution in [0.4, 0.5) is 5.82 Å². The summed E-state index contributed by atoms with van der Waals surface area (Å²) < 4.78 is 0. The number of hydrogen-bond donors (Lipinski definition) is 1. The third kappa shape index (κ3) is 4.05. The number of nitrogens with zero attached hydrogens (tertiary/aromatic N) is 4. The van der Waals surface area contributed by atoms with Crippen LogP contribution in [0.15, 0.2) is 36.1 Å². The lowest BCUT2D eigenvalue weighted by molar-refractivity contribution is -0.126. The maximum atomic E-state index is 12.3. The molecule has 3 rings (SSSR count). The van der Waals surface area contributed by atoms with E-state index in [1.807, 2.05) is 24.4 Å². The van der Waals surface area contributed by atoms with Gasteiger partial charge in [0.15, 0.2) is 0 Å². The van der Waals surface area contributed by atoms with Crippen molar-refractivity contribution in [3.63, 3.8) is 0 Å². The highest BCUT2D eigenvalue weighted by Crippen LogP contribution is 2.13. The molecule has 0 aromatic carbocycles. The molecule has 1 atom stereocenters. The van der Waals surface area contributed by atoms with Gasteiger partial charge in [-0.25, -0.2) is 4.98 Å². The molecule has 0 radical (unpaired) electrons. The molecule has 3 heterocycles. The topological polar surface area (TPSA) is 61.4 Å². The molecule has 0 bridgehead atoms. The monoisotopic (exact) mass is 331 g/mol. The van der Waals surface area contributed by atoms with Crippen LogP contribution in [-0.2, 0) is 11.3 Å². The molecule has 1 N–H and O–H groups in total. The van der Waals surface area contributed by atoms with Crippen LogP contribution in [-0.4, -0.2) is 53.0 Å². The minimum Gasteiger partial charge on any atom is -0.353 e. The van der Waals surface area contributed by atoms with Crippen molar-refractivity contribution in [3.05, 3.63) is 41.0 Å². The summed E-state index contributed by atoms with van der Waals surface area (Å²) in [7, 11) is 0. The van der Waals surface area contributed by atoms with Gasteiger partial charge in [0.1, 0.15) is 5.82 Å². The molecule has 2 aromatic rings. The molecular formula is C16H21N5OS. The molecular weight excluding hydrogens is 310 g/mol. The summed E-state index contributed by atoms with van der Waals surface area (Å²) in [5, 5.41) is 5.04. The number of thiophene rings is 1. The van der Waals surface area contributed by atoms with Gasteiger partial charge < -0.3 is 10.2 Å². The third-order valence-corrected chi connectivity index (χ3v) is 5.01. The van der Waals surface area contributed by atoms with E-state index >= 15 is 0 Å². The minimum absolute atomic E-state index is 0.0892. The second kappa shape index (κ2) is 7.52. The largest absolute Gasteiger partial charge is 0.353 e. The van der Waals surface area contributed by atoms with Gasteiger partial charge in [0.2, 0.25) is 5.91 Å². The van der Waals surface area contributed by atoms with Gasteiger partial charge in [-0.05, 0) is 18.4 Å². The van der Waals surface area contributed by atoms with Crippen molar-refractivity contribution in [1.82, 2.24) is 20.2 Å². The van der Waals surface area contributed by atoms with Gasteiger partial charge in [0.25, 0.3) is 0 Å². The summed E-state index contributed by atoms with van der Waals surface area (Å²) in [5.41, 5.74) is 0. The van der Waals surface area contributed by atoms with E-state index in [1.54, 1.807) is 29.9 Å². The fourth-order valence-corrected chi connectivity index (χ4v) is 3.34. The number of anilines is 1. The first kappa shape index (κ1) is 15.9.